The second kappa shape index (κ2) is 21.4. The van der Waals surface area contributed by atoms with Crippen LogP contribution in [-0.2, 0) is 34.3 Å². The first-order chi connectivity index (χ1) is 23.2. The summed E-state index contributed by atoms with van der Waals surface area (Å²) in [6.45, 7) is 12.6. The topological polar surface area (TPSA) is 132 Å². The molecule has 0 saturated carbocycles. The summed E-state index contributed by atoms with van der Waals surface area (Å²) in [6, 6.07) is 22.6. The predicted octanol–water partition coefficient (Wildman–Crippen LogP) is 8.16. The number of rotatable bonds is 10. The van der Waals surface area contributed by atoms with E-state index in [0.717, 1.165) is 34.2 Å². The average molecular weight is 738 g/mol. The lowest BCUT2D eigenvalue weighted by Gasteiger charge is -2.19. The number of hydrogen-bond donors (Lipinski definition) is 3. The maximum absolute atomic E-state index is 11.6. The van der Waals surface area contributed by atoms with Gasteiger partial charge in [-0.2, -0.15) is 0 Å². The van der Waals surface area contributed by atoms with Crippen LogP contribution in [0.15, 0.2) is 97.6 Å². The molecule has 10 nitrogen and oxygen atoms in total. The third kappa shape index (κ3) is 20.4. The van der Waals surface area contributed by atoms with Crippen molar-refractivity contribution in [2.24, 2.45) is 0 Å². The number of amides is 2. The normalized spacial score (nSPS) is 10.7. The number of alkyl carbamates (subject to hydrolysis) is 2. The van der Waals surface area contributed by atoms with E-state index in [1.807, 2.05) is 102 Å². The highest BCUT2D eigenvalue weighted by Gasteiger charge is 2.16. The van der Waals surface area contributed by atoms with E-state index >= 15 is 0 Å². The molecule has 0 radical (unpaired) electrons. The van der Waals surface area contributed by atoms with Gasteiger partial charge in [-0.3, -0.25) is 9.97 Å². The summed E-state index contributed by atoms with van der Waals surface area (Å²) in [4.78, 5) is 30.7. The number of carbonyl (C=O) groups is 2. The van der Waals surface area contributed by atoms with Gasteiger partial charge in [-0.05, 0) is 125 Å². The van der Waals surface area contributed by atoms with Crippen LogP contribution in [0.4, 0.5) is 9.59 Å². The van der Waals surface area contributed by atoms with Crippen molar-refractivity contribution in [1.82, 2.24) is 20.6 Å². The Bertz CT molecular complexity index is 1490. The highest BCUT2D eigenvalue weighted by molar-refractivity contribution is 9.08. The highest BCUT2D eigenvalue weighted by Crippen LogP contribution is 2.15. The quantitative estimate of drug-likeness (QED) is 0.139. The molecule has 0 spiro atoms. The Morgan fingerprint density at radius 1 is 0.633 bits per heavy atom. The molecule has 2 amide bonds. The number of nitrogens with one attached hydrogen (secondary N) is 2. The van der Waals surface area contributed by atoms with E-state index in [2.05, 4.69) is 36.5 Å². The van der Waals surface area contributed by atoms with Crippen molar-refractivity contribution in [2.75, 3.05) is 13.1 Å². The Kier molecular flexibility index (Phi) is 17.7. The number of hydrogen-bond acceptors (Lipinski definition) is 8. The Morgan fingerprint density at radius 3 is 1.43 bits per heavy atom. The first-order valence-corrected chi connectivity index (χ1v) is 17.1. The molecule has 2 aromatic carbocycles. The fraction of sp³-hybridized carbons (Fsp3) is 0.368. The van der Waals surface area contributed by atoms with Crippen molar-refractivity contribution in [3.05, 3.63) is 120 Å². The number of nitrogens with zero attached hydrogens (tertiary/aromatic N) is 2. The maximum atomic E-state index is 11.6. The number of alkyl halides is 1. The maximum Gasteiger partial charge on any atom is 0.407 e. The number of pyridine rings is 2. The molecule has 0 aliphatic heterocycles. The van der Waals surface area contributed by atoms with Crippen molar-refractivity contribution >= 4 is 28.1 Å². The predicted molar refractivity (Wildman–Crippen MR) is 196 cm³/mol. The molecule has 0 bridgehead atoms. The summed E-state index contributed by atoms with van der Waals surface area (Å²) in [5, 5.41) is 15.4. The standard InChI is InChI=1S/C19H24N2O3.C13H19NO3.C6H6BrN/c1-19(2,3)24-18(22)21-13-10-15-4-6-17(7-5-15)23-14-16-8-11-20-12-9-16;1-13(2,3)17-12(16)14-9-8-10-4-6-11(15)7-5-10;7-5-6-1-3-8-4-2-6/h4-9,11-12H,10,13-14H2,1-3H3,(H,21,22);4-7,15H,8-9H2,1-3H3,(H,14,16);1-4H,5H2. The number of benzene rings is 2. The van der Waals surface area contributed by atoms with Crippen molar-refractivity contribution in [1.29, 1.82) is 0 Å². The summed E-state index contributed by atoms with van der Waals surface area (Å²) >= 11 is 3.33. The monoisotopic (exact) mass is 736 g/mol. The molecule has 3 N–H and O–H groups in total. The summed E-state index contributed by atoms with van der Waals surface area (Å²) in [7, 11) is 0. The van der Waals surface area contributed by atoms with E-state index in [4.69, 9.17) is 19.3 Å². The summed E-state index contributed by atoms with van der Waals surface area (Å²) < 4.78 is 16.0. The lowest BCUT2D eigenvalue weighted by molar-refractivity contribution is 0.0517. The van der Waals surface area contributed by atoms with E-state index in [0.29, 0.717) is 26.1 Å². The highest BCUT2D eigenvalue weighted by atomic mass is 79.9. The first-order valence-electron chi connectivity index (χ1n) is 16.0. The van der Waals surface area contributed by atoms with E-state index < -0.39 is 17.3 Å². The molecule has 0 fully saturated rings. The van der Waals surface area contributed by atoms with Gasteiger partial charge in [-0.1, -0.05) is 40.2 Å². The van der Waals surface area contributed by atoms with E-state index in [1.165, 1.54) is 5.56 Å². The molecule has 0 atom stereocenters. The van der Waals surface area contributed by atoms with Gasteiger partial charge >= 0.3 is 12.2 Å². The number of aromatic nitrogens is 2. The smallest absolute Gasteiger partial charge is 0.407 e. The Morgan fingerprint density at radius 2 is 1.04 bits per heavy atom. The molecule has 0 saturated heterocycles. The van der Waals surface area contributed by atoms with Crippen molar-refractivity contribution in [2.45, 2.75) is 77.5 Å². The second-order valence-corrected chi connectivity index (χ2v) is 13.4. The van der Waals surface area contributed by atoms with Gasteiger partial charge in [0.15, 0.2) is 0 Å². The molecule has 0 unspecified atom stereocenters. The molecule has 2 aromatic heterocycles. The summed E-state index contributed by atoms with van der Waals surface area (Å²) in [6.07, 6.45) is 7.73. The van der Waals surface area contributed by atoms with E-state index in [-0.39, 0.29) is 11.8 Å². The van der Waals surface area contributed by atoms with Crippen molar-refractivity contribution in [3.63, 3.8) is 0 Å². The van der Waals surface area contributed by atoms with Crippen LogP contribution in [-0.4, -0.2) is 51.6 Å². The molecule has 0 aliphatic carbocycles. The first kappa shape index (κ1) is 40.5. The Labute approximate surface area is 298 Å². The van der Waals surface area contributed by atoms with Gasteiger partial charge in [0.1, 0.15) is 29.3 Å². The largest absolute Gasteiger partial charge is 0.508 e. The van der Waals surface area contributed by atoms with Crippen LogP contribution in [0.3, 0.4) is 0 Å². The van der Waals surface area contributed by atoms with Gasteiger partial charge < -0.3 is 30.0 Å². The molecule has 0 aliphatic rings. The van der Waals surface area contributed by atoms with Gasteiger partial charge in [-0.15, -0.1) is 0 Å². The van der Waals surface area contributed by atoms with Crippen LogP contribution in [0.1, 0.15) is 63.8 Å². The number of aromatic hydroxyl groups is 1. The van der Waals surface area contributed by atoms with Crippen LogP contribution in [0.5, 0.6) is 11.5 Å². The number of ether oxygens (including phenoxy) is 3. The van der Waals surface area contributed by atoms with Gasteiger partial charge in [0.2, 0.25) is 0 Å². The van der Waals surface area contributed by atoms with Crippen LogP contribution >= 0.6 is 15.9 Å². The van der Waals surface area contributed by atoms with Crippen LogP contribution in [0.2, 0.25) is 0 Å². The zero-order chi connectivity index (χ0) is 36.1. The van der Waals surface area contributed by atoms with Crippen LogP contribution in [0.25, 0.3) is 0 Å². The Balaban J connectivity index is 0.000000288. The van der Waals surface area contributed by atoms with Crippen LogP contribution < -0.4 is 15.4 Å². The van der Waals surface area contributed by atoms with E-state index in [9.17, 15) is 9.59 Å². The van der Waals surface area contributed by atoms with Crippen LogP contribution in [0, 0.1) is 0 Å². The zero-order valence-electron chi connectivity index (χ0n) is 29.2. The SMILES string of the molecule is BrCc1ccncc1.CC(C)(C)OC(=O)NCCc1ccc(O)cc1.CC(C)(C)OC(=O)NCCc1ccc(OCc2ccncc2)cc1. The van der Waals surface area contributed by atoms with E-state index in [1.54, 1.807) is 36.9 Å². The minimum atomic E-state index is -0.474. The fourth-order valence-electron chi connectivity index (χ4n) is 3.78. The lowest BCUT2D eigenvalue weighted by Crippen LogP contribution is -2.33. The molecule has 11 heteroatoms. The number of phenols is 1. The minimum Gasteiger partial charge on any atom is -0.508 e. The number of carbonyl (C=O) groups excluding carboxylic acids is 2. The zero-order valence-corrected chi connectivity index (χ0v) is 30.8. The lowest BCUT2D eigenvalue weighted by atomic mass is 10.1. The van der Waals surface area contributed by atoms with Crippen molar-refractivity contribution < 1.29 is 28.9 Å². The summed E-state index contributed by atoms with van der Waals surface area (Å²) in [5.41, 5.74) is 3.58. The molecule has 4 aromatic rings. The number of halogens is 1. The van der Waals surface area contributed by atoms with Crippen molar-refractivity contribution in [3.8, 4) is 11.5 Å². The minimum absolute atomic E-state index is 0.244. The van der Waals surface area contributed by atoms with Gasteiger partial charge in [-0.25, -0.2) is 9.59 Å². The molecule has 4 rings (SSSR count). The molecular weight excluding hydrogens is 688 g/mol. The third-order valence-corrected chi connectivity index (χ3v) is 6.73. The molecule has 264 valence electrons. The number of phenolic OH excluding ortho intramolecular Hbond substituents is 1. The second-order valence-electron chi connectivity index (χ2n) is 12.8. The summed E-state index contributed by atoms with van der Waals surface area (Å²) in [5.74, 6) is 1.06. The Hall–Kier alpha value is -4.64. The fourth-order valence-corrected chi connectivity index (χ4v) is 4.15. The molecule has 49 heavy (non-hydrogen) atoms. The van der Waals surface area contributed by atoms with Gasteiger partial charge in [0.25, 0.3) is 0 Å². The van der Waals surface area contributed by atoms with Gasteiger partial charge in [0.05, 0.1) is 0 Å². The third-order valence-electron chi connectivity index (χ3n) is 6.08. The van der Waals surface area contributed by atoms with Gasteiger partial charge in [0, 0.05) is 43.2 Å². The average Bonchev–Trinajstić information content (AvgIpc) is 3.05. The molecular formula is C38H49BrN4O6. The molecule has 2 heterocycles.